The summed E-state index contributed by atoms with van der Waals surface area (Å²) in [5.41, 5.74) is 1.86. The smallest absolute Gasteiger partial charge is 0.336 e. The molecule has 1 unspecified atom stereocenters. The molecule has 6 heteroatoms. The first-order chi connectivity index (χ1) is 10.6. The summed E-state index contributed by atoms with van der Waals surface area (Å²) in [6.45, 7) is 3.94. The van der Waals surface area contributed by atoms with E-state index in [-0.39, 0.29) is 31.6 Å². The van der Waals surface area contributed by atoms with E-state index in [1.165, 1.54) is 0 Å². The topological polar surface area (TPSA) is 73.9 Å². The lowest BCUT2D eigenvalue weighted by atomic mass is 9.84. The maximum Gasteiger partial charge on any atom is 0.336 e. The summed E-state index contributed by atoms with van der Waals surface area (Å²) in [5, 5.41) is 2.70. The third-order valence-electron chi connectivity index (χ3n) is 3.76. The molecule has 22 heavy (non-hydrogen) atoms. The van der Waals surface area contributed by atoms with Gasteiger partial charge < -0.3 is 19.5 Å². The first kappa shape index (κ1) is 14.4. The number of benzene rings is 1. The van der Waals surface area contributed by atoms with Crippen LogP contribution in [0.5, 0.6) is 11.5 Å². The number of nitrogens with one attached hydrogen (secondary N) is 1. The Bertz CT molecular complexity index is 665. The Labute approximate surface area is 128 Å². The Balaban J connectivity index is 2.00. The molecule has 0 saturated carbocycles. The number of esters is 1. The van der Waals surface area contributed by atoms with Crippen molar-refractivity contribution in [3.8, 4) is 11.5 Å². The maximum absolute atomic E-state index is 12.2. The van der Waals surface area contributed by atoms with Gasteiger partial charge in [-0.1, -0.05) is 6.07 Å². The average molecular weight is 303 g/mol. The van der Waals surface area contributed by atoms with Crippen LogP contribution in [0.1, 0.15) is 31.7 Å². The number of hydrogen-bond acceptors (Lipinski definition) is 5. The minimum Gasteiger partial charge on any atom is -0.463 e. The molecule has 1 N–H and O–H groups in total. The van der Waals surface area contributed by atoms with Crippen molar-refractivity contribution >= 4 is 11.9 Å². The van der Waals surface area contributed by atoms with Gasteiger partial charge in [-0.05, 0) is 31.5 Å². The van der Waals surface area contributed by atoms with Crippen molar-refractivity contribution in [1.29, 1.82) is 0 Å². The second-order valence-electron chi connectivity index (χ2n) is 5.18. The van der Waals surface area contributed by atoms with E-state index in [9.17, 15) is 9.59 Å². The van der Waals surface area contributed by atoms with Gasteiger partial charge in [-0.3, -0.25) is 4.79 Å². The van der Waals surface area contributed by atoms with Gasteiger partial charge in [0.05, 0.1) is 12.2 Å². The zero-order valence-electron chi connectivity index (χ0n) is 12.5. The van der Waals surface area contributed by atoms with Crippen molar-refractivity contribution in [2.75, 3.05) is 13.4 Å². The number of amides is 1. The molecule has 2 aliphatic rings. The van der Waals surface area contributed by atoms with E-state index >= 15 is 0 Å². The number of carbonyl (C=O) groups excluding carboxylic acids is 2. The van der Waals surface area contributed by atoms with Crippen LogP contribution in [0.4, 0.5) is 0 Å². The van der Waals surface area contributed by atoms with E-state index in [4.69, 9.17) is 14.2 Å². The summed E-state index contributed by atoms with van der Waals surface area (Å²) >= 11 is 0. The lowest BCUT2D eigenvalue weighted by Crippen LogP contribution is -2.34. The molecule has 0 spiro atoms. The number of carbonyl (C=O) groups is 2. The highest BCUT2D eigenvalue weighted by Crippen LogP contribution is 2.39. The van der Waals surface area contributed by atoms with Crippen LogP contribution in [-0.4, -0.2) is 25.3 Å². The predicted octanol–water partition coefficient (Wildman–Crippen LogP) is 1.86. The molecule has 3 rings (SSSR count). The zero-order chi connectivity index (χ0) is 15.7. The van der Waals surface area contributed by atoms with E-state index in [0.29, 0.717) is 22.8 Å². The van der Waals surface area contributed by atoms with Gasteiger partial charge in [0.2, 0.25) is 12.7 Å². The van der Waals surface area contributed by atoms with Crippen molar-refractivity contribution < 1.29 is 23.8 Å². The summed E-state index contributed by atoms with van der Waals surface area (Å²) in [4.78, 5) is 24.1. The summed E-state index contributed by atoms with van der Waals surface area (Å²) in [7, 11) is 0. The zero-order valence-corrected chi connectivity index (χ0v) is 12.5. The molecule has 0 aromatic heterocycles. The van der Waals surface area contributed by atoms with Crippen LogP contribution >= 0.6 is 0 Å². The van der Waals surface area contributed by atoms with Gasteiger partial charge in [0, 0.05) is 18.0 Å². The van der Waals surface area contributed by atoms with Crippen molar-refractivity contribution in [2.45, 2.75) is 26.2 Å². The summed E-state index contributed by atoms with van der Waals surface area (Å²) < 4.78 is 15.8. The largest absolute Gasteiger partial charge is 0.463 e. The lowest BCUT2D eigenvalue weighted by Gasteiger charge is -2.26. The second kappa shape index (κ2) is 5.71. The van der Waals surface area contributed by atoms with Gasteiger partial charge in [0.15, 0.2) is 11.5 Å². The summed E-state index contributed by atoms with van der Waals surface area (Å²) in [5.74, 6) is 0.435. The molecule has 1 aromatic rings. The number of ether oxygens (including phenoxy) is 3. The molecule has 0 radical (unpaired) electrons. The molecule has 2 heterocycles. The van der Waals surface area contributed by atoms with Crippen LogP contribution in [0.2, 0.25) is 0 Å². The molecule has 0 aliphatic carbocycles. The lowest BCUT2D eigenvalue weighted by molar-refractivity contribution is -0.139. The van der Waals surface area contributed by atoms with Crippen molar-refractivity contribution in [3.63, 3.8) is 0 Å². The minimum atomic E-state index is -0.400. The van der Waals surface area contributed by atoms with Crippen LogP contribution in [-0.2, 0) is 14.3 Å². The molecule has 0 bridgehead atoms. The quantitative estimate of drug-likeness (QED) is 0.863. The normalized spacial score (nSPS) is 19.9. The average Bonchev–Trinajstić information content (AvgIpc) is 2.93. The van der Waals surface area contributed by atoms with E-state index in [2.05, 4.69) is 5.32 Å². The molecule has 1 aromatic carbocycles. The van der Waals surface area contributed by atoms with Gasteiger partial charge in [0.25, 0.3) is 0 Å². The molecule has 1 amide bonds. The molecule has 0 fully saturated rings. The monoisotopic (exact) mass is 303 g/mol. The van der Waals surface area contributed by atoms with Crippen molar-refractivity contribution in [3.05, 3.63) is 35.0 Å². The second-order valence-corrected chi connectivity index (χ2v) is 5.18. The molecule has 116 valence electrons. The fraction of sp³-hybridized carbons (Fsp3) is 0.375. The summed E-state index contributed by atoms with van der Waals surface area (Å²) in [6, 6.07) is 5.46. The van der Waals surface area contributed by atoms with Crippen molar-refractivity contribution in [1.82, 2.24) is 5.32 Å². The maximum atomic E-state index is 12.2. The van der Waals surface area contributed by atoms with Gasteiger partial charge in [-0.15, -0.1) is 0 Å². The predicted molar refractivity (Wildman–Crippen MR) is 77.4 cm³/mol. The number of fused-ring (bicyclic) bond motifs is 1. The highest BCUT2D eigenvalue weighted by atomic mass is 16.7. The van der Waals surface area contributed by atoms with Gasteiger partial charge in [-0.25, -0.2) is 4.79 Å². The highest BCUT2D eigenvalue weighted by Gasteiger charge is 2.33. The van der Waals surface area contributed by atoms with E-state index in [1.807, 2.05) is 12.1 Å². The highest BCUT2D eigenvalue weighted by molar-refractivity contribution is 5.95. The standard InChI is InChI=1S/C16H17NO5/c1-3-20-16(19)15-9(2)17-14(18)7-11(15)10-4-5-12-13(6-10)22-8-21-12/h4-6,11H,3,7-8H2,1-2H3,(H,17,18). The number of hydrogen-bond donors (Lipinski definition) is 1. The fourth-order valence-electron chi connectivity index (χ4n) is 2.79. The minimum absolute atomic E-state index is 0.117. The van der Waals surface area contributed by atoms with Crippen molar-refractivity contribution in [2.24, 2.45) is 0 Å². The first-order valence-corrected chi connectivity index (χ1v) is 7.17. The van der Waals surface area contributed by atoms with Gasteiger partial charge in [0.1, 0.15) is 0 Å². The third kappa shape index (κ3) is 2.52. The third-order valence-corrected chi connectivity index (χ3v) is 3.76. The van der Waals surface area contributed by atoms with E-state index in [1.54, 1.807) is 19.9 Å². The Morgan fingerprint density at radius 1 is 1.36 bits per heavy atom. The Morgan fingerprint density at radius 3 is 2.91 bits per heavy atom. The van der Waals surface area contributed by atoms with Crippen LogP contribution in [0.25, 0.3) is 0 Å². The van der Waals surface area contributed by atoms with Crippen LogP contribution in [0, 0.1) is 0 Å². The van der Waals surface area contributed by atoms with Gasteiger partial charge in [-0.2, -0.15) is 0 Å². The summed E-state index contributed by atoms with van der Waals surface area (Å²) in [6.07, 6.45) is 0.200. The van der Waals surface area contributed by atoms with Gasteiger partial charge >= 0.3 is 5.97 Å². The van der Waals surface area contributed by atoms with E-state index in [0.717, 1.165) is 5.56 Å². The Hall–Kier alpha value is -2.50. The van der Waals surface area contributed by atoms with Crippen LogP contribution in [0.15, 0.2) is 29.5 Å². The molecule has 1 atom stereocenters. The molecule has 6 nitrogen and oxygen atoms in total. The molecular weight excluding hydrogens is 286 g/mol. The van der Waals surface area contributed by atoms with Crippen LogP contribution in [0.3, 0.4) is 0 Å². The fourth-order valence-corrected chi connectivity index (χ4v) is 2.79. The molecule has 0 saturated heterocycles. The number of allylic oxidation sites excluding steroid dienone is 1. The van der Waals surface area contributed by atoms with E-state index < -0.39 is 5.97 Å². The Morgan fingerprint density at radius 2 is 2.14 bits per heavy atom. The SMILES string of the molecule is CCOC(=O)C1=C(C)NC(=O)CC1c1ccc2c(c1)OCO2. The Kier molecular flexibility index (Phi) is 3.75. The first-order valence-electron chi connectivity index (χ1n) is 7.17. The molecule has 2 aliphatic heterocycles. The van der Waals surface area contributed by atoms with Crippen LogP contribution < -0.4 is 14.8 Å². The number of rotatable bonds is 3. The molecular formula is C16H17NO5.